The SMILES string of the molecule is Cc1ccc(NC(=O)OC(C)(C)C)c(CNC(=O)Cn2c(C)cnc(NN)c2=O)n1.Cl. The summed E-state index contributed by atoms with van der Waals surface area (Å²) in [5, 5.41) is 5.34. The first-order valence-electron chi connectivity index (χ1n) is 9.26. The lowest BCUT2D eigenvalue weighted by Gasteiger charge is -2.20. The topological polar surface area (TPSA) is 153 Å². The molecule has 0 spiro atoms. The zero-order valence-electron chi connectivity index (χ0n) is 18.1. The van der Waals surface area contributed by atoms with E-state index in [1.165, 1.54) is 10.8 Å². The van der Waals surface area contributed by atoms with E-state index in [0.717, 1.165) is 0 Å². The molecule has 0 saturated carbocycles. The number of nitrogens with one attached hydrogen (secondary N) is 3. The summed E-state index contributed by atoms with van der Waals surface area (Å²) in [4.78, 5) is 45.0. The van der Waals surface area contributed by atoms with Crippen LogP contribution in [0.15, 0.2) is 23.1 Å². The third kappa shape index (κ3) is 7.54. The monoisotopic (exact) mass is 453 g/mol. The average molecular weight is 454 g/mol. The number of hydrogen-bond acceptors (Lipinski definition) is 8. The molecule has 0 bridgehead atoms. The van der Waals surface area contributed by atoms with Gasteiger partial charge in [-0.1, -0.05) is 0 Å². The van der Waals surface area contributed by atoms with Crippen molar-refractivity contribution in [3.8, 4) is 0 Å². The molecule has 0 fully saturated rings. The summed E-state index contributed by atoms with van der Waals surface area (Å²) in [5.74, 6) is 4.79. The number of aromatic nitrogens is 3. The number of nitrogens with zero attached hydrogens (tertiary/aromatic N) is 3. The van der Waals surface area contributed by atoms with Gasteiger partial charge in [0.25, 0.3) is 5.56 Å². The zero-order valence-corrected chi connectivity index (χ0v) is 18.9. The standard InChI is InChI=1S/C19H27N7O4.ClH/c1-11-6-7-13(24-18(29)30-19(3,4)5)14(23-11)9-21-15(27)10-26-12(2)8-22-16(25-20)17(26)28;/h6-8H,9-10,20H2,1-5H3,(H,21,27)(H,22,25)(H,24,29);1H. The number of carbonyl (C=O) groups excluding carboxylic acids is 2. The molecule has 170 valence electrons. The molecule has 0 saturated heterocycles. The average Bonchev–Trinajstić information content (AvgIpc) is 2.64. The van der Waals surface area contributed by atoms with Crippen LogP contribution >= 0.6 is 12.4 Å². The minimum absolute atomic E-state index is 0. The lowest BCUT2D eigenvalue weighted by Crippen LogP contribution is -2.35. The molecule has 0 aromatic carbocycles. The second-order valence-electron chi connectivity index (χ2n) is 7.63. The summed E-state index contributed by atoms with van der Waals surface area (Å²) >= 11 is 0. The number of hydrazine groups is 1. The van der Waals surface area contributed by atoms with Crippen LogP contribution in [-0.4, -0.2) is 32.1 Å². The molecule has 0 unspecified atom stereocenters. The van der Waals surface area contributed by atoms with Crippen molar-refractivity contribution in [2.45, 2.75) is 53.3 Å². The lowest BCUT2D eigenvalue weighted by molar-refractivity contribution is -0.121. The van der Waals surface area contributed by atoms with Gasteiger partial charge in [0.1, 0.15) is 12.1 Å². The van der Waals surface area contributed by atoms with Crippen LogP contribution in [0.1, 0.15) is 37.9 Å². The lowest BCUT2D eigenvalue weighted by atomic mass is 10.2. The highest BCUT2D eigenvalue weighted by Crippen LogP contribution is 2.16. The molecule has 2 rings (SSSR count). The van der Waals surface area contributed by atoms with Crippen molar-refractivity contribution in [3.63, 3.8) is 0 Å². The molecule has 2 heterocycles. The van der Waals surface area contributed by atoms with Gasteiger partial charge in [-0.05, 0) is 46.8 Å². The summed E-state index contributed by atoms with van der Waals surface area (Å²) in [6.45, 7) is 8.56. The zero-order chi connectivity index (χ0) is 22.5. The van der Waals surface area contributed by atoms with E-state index in [-0.39, 0.29) is 31.3 Å². The quantitative estimate of drug-likeness (QED) is 0.380. The summed E-state index contributed by atoms with van der Waals surface area (Å²) < 4.78 is 6.51. The van der Waals surface area contributed by atoms with Crippen LogP contribution in [0.3, 0.4) is 0 Å². The largest absolute Gasteiger partial charge is 0.444 e. The molecule has 11 nitrogen and oxygen atoms in total. The van der Waals surface area contributed by atoms with Crippen LogP contribution in [0.4, 0.5) is 16.3 Å². The Morgan fingerprint density at radius 2 is 1.90 bits per heavy atom. The summed E-state index contributed by atoms with van der Waals surface area (Å²) in [6, 6.07) is 3.42. The number of nitrogen functional groups attached to an aromatic ring is 1. The number of hydrogen-bond donors (Lipinski definition) is 4. The molecule has 31 heavy (non-hydrogen) atoms. The van der Waals surface area contributed by atoms with Gasteiger partial charge in [-0.15, -0.1) is 12.4 Å². The maximum Gasteiger partial charge on any atom is 0.412 e. The van der Waals surface area contributed by atoms with Crippen molar-refractivity contribution in [3.05, 3.63) is 45.8 Å². The van der Waals surface area contributed by atoms with E-state index in [9.17, 15) is 14.4 Å². The van der Waals surface area contributed by atoms with Crippen LogP contribution in [0.2, 0.25) is 0 Å². The van der Waals surface area contributed by atoms with Crippen LogP contribution in [0, 0.1) is 13.8 Å². The number of aryl methyl sites for hydroxylation is 2. The molecule has 12 heteroatoms. The number of amides is 2. The number of rotatable bonds is 6. The van der Waals surface area contributed by atoms with Crippen molar-refractivity contribution >= 4 is 35.9 Å². The number of nitrogens with two attached hydrogens (primary N) is 1. The Morgan fingerprint density at radius 1 is 1.23 bits per heavy atom. The second kappa shape index (κ2) is 10.7. The number of ether oxygens (including phenoxy) is 1. The molecular formula is C19H28ClN7O4. The van der Waals surface area contributed by atoms with Gasteiger partial charge in [-0.3, -0.25) is 24.5 Å². The molecule has 2 amide bonds. The van der Waals surface area contributed by atoms with Gasteiger partial charge in [-0.2, -0.15) is 0 Å². The van der Waals surface area contributed by atoms with Crippen LogP contribution in [0.25, 0.3) is 0 Å². The minimum Gasteiger partial charge on any atom is -0.444 e. The summed E-state index contributed by atoms with van der Waals surface area (Å²) in [7, 11) is 0. The van der Waals surface area contributed by atoms with Crippen molar-refractivity contribution in [2.75, 3.05) is 10.7 Å². The molecule has 0 atom stereocenters. The van der Waals surface area contributed by atoms with E-state index in [1.54, 1.807) is 46.8 Å². The first-order chi connectivity index (χ1) is 14.0. The highest BCUT2D eigenvalue weighted by Gasteiger charge is 2.18. The molecule has 0 aliphatic rings. The Labute approximate surface area is 186 Å². The fourth-order valence-corrected chi connectivity index (χ4v) is 2.52. The highest BCUT2D eigenvalue weighted by molar-refractivity contribution is 5.86. The van der Waals surface area contributed by atoms with Crippen molar-refractivity contribution in [1.82, 2.24) is 19.9 Å². The Hall–Kier alpha value is -3.18. The number of pyridine rings is 1. The van der Waals surface area contributed by atoms with Crippen molar-refractivity contribution in [1.29, 1.82) is 0 Å². The first-order valence-corrected chi connectivity index (χ1v) is 9.26. The third-order valence-corrected chi connectivity index (χ3v) is 3.89. The van der Waals surface area contributed by atoms with Gasteiger partial charge in [0.05, 0.1) is 17.9 Å². The van der Waals surface area contributed by atoms with Crippen LogP contribution in [-0.2, 0) is 22.6 Å². The molecule has 5 N–H and O–H groups in total. The van der Waals surface area contributed by atoms with Gasteiger partial charge in [0.2, 0.25) is 11.7 Å². The molecule has 2 aromatic rings. The van der Waals surface area contributed by atoms with Gasteiger partial charge < -0.3 is 15.5 Å². The van der Waals surface area contributed by atoms with E-state index in [1.807, 2.05) is 0 Å². The Bertz CT molecular complexity index is 1000. The van der Waals surface area contributed by atoms with Gasteiger partial charge in [-0.25, -0.2) is 15.6 Å². The number of anilines is 2. The maximum absolute atomic E-state index is 12.4. The smallest absolute Gasteiger partial charge is 0.412 e. The molecule has 0 aliphatic heterocycles. The van der Waals surface area contributed by atoms with E-state index >= 15 is 0 Å². The molecule has 2 aromatic heterocycles. The summed E-state index contributed by atoms with van der Waals surface area (Å²) in [6.07, 6.45) is 0.816. The molecular weight excluding hydrogens is 426 g/mol. The van der Waals surface area contributed by atoms with E-state index < -0.39 is 23.2 Å². The van der Waals surface area contributed by atoms with E-state index in [4.69, 9.17) is 10.6 Å². The minimum atomic E-state index is -0.649. The number of carbonyl (C=O) groups is 2. The van der Waals surface area contributed by atoms with Crippen molar-refractivity contribution in [2.24, 2.45) is 5.84 Å². The van der Waals surface area contributed by atoms with E-state index in [2.05, 4.69) is 26.0 Å². The van der Waals surface area contributed by atoms with Crippen LogP contribution < -0.4 is 27.5 Å². The predicted molar refractivity (Wildman–Crippen MR) is 119 cm³/mol. The normalized spacial score (nSPS) is 10.6. The van der Waals surface area contributed by atoms with Crippen LogP contribution in [0.5, 0.6) is 0 Å². The van der Waals surface area contributed by atoms with E-state index in [0.29, 0.717) is 22.8 Å². The van der Waals surface area contributed by atoms with Gasteiger partial charge >= 0.3 is 6.09 Å². The maximum atomic E-state index is 12.4. The number of halogens is 1. The van der Waals surface area contributed by atoms with Crippen molar-refractivity contribution < 1.29 is 14.3 Å². The Morgan fingerprint density at radius 3 is 2.52 bits per heavy atom. The second-order valence-corrected chi connectivity index (χ2v) is 7.63. The third-order valence-electron chi connectivity index (χ3n) is 3.89. The Kier molecular flexibility index (Phi) is 8.95. The highest BCUT2D eigenvalue weighted by atomic mass is 35.5. The van der Waals surface area contributed by atoms with Gasteiger partial charge in [0.15, 0.2) is 0 Å². The first kappa shape index (κ1) is 25.9. The fraction of sp³-hybridized carbons (Fsp3) is 0.421. The predicted octanol–water partition coefficient (Wildman–Crippen LogP) is 1.63. The molecule has 0 radical (unpaired) electrons. The summed E-state index contributed by atoms with van der Waals surface area (Å²) in [5.41, 5.74) is 3.15. The fourth-order valence-electron chi connectivity index (χ4n) is 2.52. The van der Waals surface area contributed by atoms with Gasteiger partial charge in [0, 0.05) is 17.6 Å². The Balaban J connectivity index is 0.00000480. The molecule has 0 aliphatic carbocycles.